The van der Waals surface area contributed by atoms with Crippen LogP contribution < -0.4 is 5.32 Å². The van der Waals surface area contributed by atoms with E-state index in [-0.39, 0.29) is 0 Å². The molecule has 1 unspecified atom stereocenters. The number of H-pyrrole nitrogens is 1. The molecule has 3 rings (SSSR count). The van der Waals surface area contributed by atoms with Gasteiger partial charge < -0.3 is 10.3 Å². The zero-order chi connectivity index (χ0) is 12.5. The number of rotatable bonds is 2. The van der Waals surface area contributed by atoms with E-state index in [0.29, 0.717) is 6.04 Å². The Morgan fingerprint density at radius 1 is 1.39 bits per heavy atom. The molecule has 0 radical (unpaired) electrons. The number of aromatic nitrogens is 1. The second-order valence-electron chi connectivity index (χ2n) is 5.06. The van der Waals surface area contributed by atoms with Crippen LogP contribution in [0.1, 0.15) is 43.5 Å². The topological polar surface area (TPSA) is 27.8 Å². The first-order chi connectivity index (χ1) is 8.79. The van der Waals surface area contributed by atoms with Gasteiger partial charge in [0.2, 0.25) is 0 Å². The number of aromatic amines is 1. The highest BCUT2D eigenvalue weighted by Crippen LogP contribution is 2.35. The van der Waals surface area contributed by atoms with Crippen molar-refractivity contribution in [2.24, 2.45) is 0 Å². The van der Waals surface area contributed by atoms with Gasteiger partial charge in [0.1, 0.15) is 0 Å². The first-order valence-electron chi connectivity index (χ1n) is 6.83. The van der Waals surface area contributed by atoms with Gasteiger partial charge in [-0.2, -0.15) is 0 Å². The standard InChI is InChI=1S/C15H19ClN2/c1-2-17-13-5-3-4-6-14-15(13)11-9-10(16)7-8-12(11)18-14/h7-9,13,17-18H,2-6H2,1H3. The maximum Gasteiger partial charge on any atom is 0.0460 e. The van der Waals surface area contributed by atoms with Crippen molar-refractivity contribution in [2.75, 3.05) is 6.54 Å². The predicted octanol–water partition coefficient (Wildman–Crippen LogP) is 4.20. The van der Waals surface area contributed by atoms with Crippen LogP contribution in [0, 0.1) is 0 Å². The molecule has 0 spiro atoms. The number of aryl methyl sites for hydroxylation is 1. The van der Waals surface area contributed by atoms with Crippen molar-refractivity contribution in [1.82, 2.24) is 10.3 Å². The molecule has 3 heteroatoms. The van der Waals surface area contributed by atoms with Gasteiger partial charge in [-0.1, -0.05) is 24.9 Å². The molecule has 1 aliphatic rings. The summed E-state index contributed by atoms with van der Waals surface area (Å²) in [7, 11) is 0. The zero-order valence-corrected chi connectivity index (χ0v) is 11.5. The Hall–Kier alpha value is -0.990. The number of hydrogen-bond donors (Lipinski definition) is 2. The number of nitrogens with one attached hydrogen (secondary N) is 2. The van der Waals surface area contributed by atoms with E-state index in [1.807, 2.05) is 6.07 Å². The summed E-state index contributed by atoms with van der Waals surface area (Å²) in [5.41, 5.74) is 4.07. The Morgan fingerprint density at radius 3 is 3.11 bits per heavy atom. The maximum absolute atomic E-state index is 6.15. The molecular weight excluding hydrogens is 244 g/mol. The Bertz CT molecular complexity index is 559. The van der Waals surface area contributed by atoms with Crippen LogP contribution in [0.2, 0.25) is 5.02 Å². The monoisotopic (exact) mass is 262 g/mol. The van der Waals surface area contributed by atoms with Crippen molar-refractivity contribution in [1.29, 1.82) is 0 Å². The molecule has 1 atom stereocenters. The van der Waals surface area contributed by atoms with Crippen molar-refractivity contribution in [3.63, 3.8) is 0 Å². The van der Waals surface area contributed by atoms with E-state index in [4.69, 9.17) is 11.6 Å². The Labute approximate surface area is 113 Å². The maximum atomic E-state index is 6.15. The second-order valence-corrected chi connectivity index (χ2v) is 5.50. The molecule has 1 aliphatic carbocycles. The molecule has 2 N–H and O–H groups in total. The minimum atomic E-state index is 0.472. The number of benzene rings is 1. The molecule has 0 amide bonds. The number of hydrogen-bond acceptors (Lipinski definition) is 1. The molecule has 2 nitrogen and oxygen atoms in total. The first-order valence-corrected chi connectivity index (χ1v) is 7.20. The zero-order valence-electron chi connectivity index (χ0n) is 10.7. The Kier molecular flexibility index (Phi) is 3.31. The van der Waals surface area contributed by atoms with Gasteiger partial charge >= 0.3 is 0 Å². The summed E-state index contributed by atoms with van der Waals surface area (Å²) in [6.07, 6.45) is 4.95. The molecule has 18 heavy (non-hydrogen) atoms. The van der Waals surface area contributed by atoms with Crippen LogP contribution in [0.25, 0.3) is 10.9 Å². The molecule has 2 aromatic rings. The van der Waals surface area contributed by atoms with E-state index in [1.165, 1.54) is 41.4 Å². The smallest absolute Gasteiger partial charge is 0.0460 e. The number of fused-ring (bicyclic) bond motifs is 3. The molecule has 1 aromatic carbocycles. The molecule has 0 saturated heterocycles. The van der Waals surface area contributed by atoms with E-state index >= 15 is 0 Å². The SMILES string of the molecule is CCNC1CCCCc2[nH]c3ccc(Cl)cc3c21. The van der Waals surface area contributed by atoms with Gasteiger partial charge in [-0.3, -0.25) is 0 Å². The summed E-state index contributed by atoms with van der Waals surface area (Å²) < 4.78 is 0. The number of halogens is 1. The summed E-state index contributed by atoms with van der Waals surface area (Å²) in [6.45, 7) is 3.18. The van der Waals surface area contributed by atoms with Crippen molar-refractivity contribution in [3.8, 4) is 0 Å². The summed E-state index contributed by atoms with van der Waals surface area (Å²) >= 11 is 6.15. The van der Waals surface area contributed by atoms with Crippen molar-refractivity contribution in [2.45, 2.75) is 38.6 Å². The molecule has 96 valence electrons. The Morgan fingerprint density at radius 2 is 2.28 bits per heavy atom. The van der Waals surface area contributed by atoms with Gasteiger partial charge in [-0.25, -0.2) is 0 Å². The van der Waals surface area contributed by atoms with E-state index in [0.717, 1.165) is 18.0 Å². The summed E-state index contributed by atoms with van der Waals surface area (Å²) in [6, 6.07) is 6.62. The summed E-state index contributed by atoms with van der Waals surface area (Å²) in [5, 5.41) is 5.73. The molecule has 0 saturated carbocycles. The predicted molar refractivity (Wildman–Crippen MR) is 77.3 cm³/mol. The fourth-order valence-electron chi connectivity index (χ4n) is 3.08. The van der Waals surface area contributed by atoms with Gasteiger partial charge in [0.15, 0.2) is 0 Å². The van der Waals surface area contributed by atoms with Crippen LogP contribution in [0.15, 0.2) is 18.2 Å². The normalized spacial score (nSPS) is 19.8. The van der Waals surface area contributed by atoms with Crippen LogP contribution in [-0.4, -0.2) is 11.5 Å². The average Bonchev–Trinajstić information content (AvgIpc) is 2.59. The van der Waals surface area contributed by atoms with E-state index in [1.54, 1.807) is 0 Å². The third-order valence-corrected chi connectivity index (χ3v) is 4.09. The second kappa shape index (κ2) is 4.94. The largest absolute Gasteiger partial charge is 0.358 e. The van der Waals surface area contributed by atoms with Crippen LogP contribution in [-0.2, 0) is 6.42 Å². The van der Waals surface area contributed by atoms with E-state index < -0.39 is 0 Å². The quantitative estimate of drug-likeness (QED) is 0.780. The lowest BCUT2D eigenvalue weighted by atomic mass is 10.0. The molecule has 0 fully saturated rings. The lowest BCUT2D eigenvalue weighted by Crippen LogP contribution is -2.20. The fraction of sp³-hybridized carbons (Fsp3) is 0.467. The molecular formula is C15H19ClN2. The van der Waals surface area contributed by atoms with Crippen molar-refractivity contribution in [3.05, 3.63) is 34.5 Å². The van der Waals surface area contributed by atoms with Gasteiger partial charge in [-0.15, -0.1) is 0 Å². The third-order valence-electron chi connectivity index (χ3n) is 3.85. The van der Waals surface area contributed by atoms with Crippen LogP contribution in [0.4, 0.5) is 0 Å². The van der Waals surface area contributed by atoms with Crippen molar-refractivity contribution >= 4 is 22.5 Å². The average molecular weight is 263 g/mol. The van der Waals surface area contributed by atoms with Crippen LogP contribution in [0.3, 0.4) is 0 Å². The summed E-state index contributed by atoms with van der Waals surface area (Å²) in [5.74, 6) is 0. The molecule has 1 aromatic heterocycles. The molecule has 0 aliphatic heterocycles. The highest BCUT2D eigenvalue weighted by atomic mass is 35.5. The molecule has 1 heterocycles. The van der Waals surface area contributed by atoms with E-state index in [2.05, 4.69) is 29.4 Å². The minimum Gasteiger partial charge on any atom is -0.358 e. The lowest BCUT2D eigenvalue weighted by molar-refractivity contribution is 0.506. The van der Waals surface area contributed by atoms with Crippen LogP contribution >= 0.6 is 11.6 Å². The van der Waals surface area contributed by atoms with Gasteiger partial charge in [-0.05, 0) is 49.6 Å². The van der Waals surface area contributed by atoms with Crippen molar-refractivity contribution < 1.29 is 0 Å². The van der Waals surface area contributed by atoms with Gasteiger partial charge in [0.05, 0.1) is 0 Å². The minimum absolute atomic E-state index is 0.472. The lowest BCUT2D eigenvalue weighted by Gasteiger charge is -2.16. The third kappa shape index (κ3) is 2.04. The highest BCUT2D eigenvalue weighted by molar-refractivity contribution is 6.31. The highest BCUT2D eigenvalue weighted by Gasteiger charge is 2.22. The van der Waals surface area contributed by atoms with Gasteiger partial charge in [0.25, 0.3) is 0 Å². The van der Waals surface area contributed by atoms with Crippen LogP contribution in [0.5, 0.6) is 0 Å². The van der Waals surface area contributed by atoms with Gasteiger partial charge in [0, 0.05) is 27.7 Å². The first kappa shape index (κ1) is 12.1. The van der Waals surface area contributed by atoms with E-state index in [9.17, 15) is 0 Å². The Balaban J connectivity index is 2.17. The fourth-order valence-corrected chi connectivity index (χ4v) is 3.25. The molecule has 0 bridgehead atoms. The summed E-state index contributed by atoms with van der Waals surface area (Å²) in [4.78, 5) is 3.57.